The Hall–Kier alpha value is -6.90. The Kier molecular flexibility index (Phi) is 7.25. The van der Waals surface area contributed by atoms with Crippen molar-refractivity contribution in [1.29, 1.82) is 0 Å². The largest absolute Gasteiger partial charge is 0.228 e. The fraction of sp³-hybridized carbons (Fsp3) is 0.0566. The third-order valence-corrected chi connectivity index (χ3v) is 11.8. The Balaban J connectivity index is 1.14. The van der Waals surface area contributed by atoms with Crippen molar-refractivity contribution in [3.8, 4) is 67.3 Å². The molecule has 2 heteroatoms. The number of fused-ring (bicyclic) bond motifs is 10. The van der Waals surface area contributed by atoms with Crippen molar-refractivity contribution in [1.82, 2.24) is 9.97 Å². The van der Waals surface area contributed by atoms with Crippen LogP contribution in [0.4, 0.5) is 0 Å². The molecule has 0 fully saturated rings. The van der Waals surface area contributed by atoms with Gasteiger partial charge >= 0.3 is 0 Å². The van der Waals surface area contributed by atoms with Gasteiger partial charge in [-0.1, -0.05) is 176 Å². The van der Waals surface area contributed by atoms with Crippen LogP contribution in [0.5, 0.6) is 0 Å². The second-order valence-electron chi connectivity index (χ2n) is 14.8. The number of rotatable bonds is 5. The quantitative estimate of drug-likeness (QED) is 0.179. The first-order chi connectivity index (χ1) is 27.3. The fourth-order valence-electron chi connectivity index (χ4n) is 9.36. The lowest BCUT2D eigenvalue weighted by Crippen LogP contribution is -2.25. The average Bonchev–Trinajstić information content (AvgIpc) is 3.74. The van der Waals surface area contributed by atoms with E-state index in [2.05, 4.69) is 200 Å². The van der Waals surface area contributed by atoms with Gasteiger partial charge in [-0.2, -0.15) is 0 Å². The molecule has 0 saturated carbocycles. The summed E-state index contributed by atoms with van der Waals surface area (Å²) < 4.78 is 0. The molecule has 1 heterocycles. The van der Waals surface area contributed by atoms with Crippen LogP contribution in [-0.4, -0.2) is 9.97 Å². The highest BCUT2D eigenvalue weighted by molar-refractivity contribution is 5.96. The molecule has 8 aromatic rings. The van der Waals surface area contributed by atoms with E-state index in [9.17, 15) is 0 Å². The summed E-state index contributed by atoms with van der Waals surface area (Å²) in [5.74, 6) is 1.01. The van der Waals surface area contributed by atoms with Gasteiger partial charge in [0.1, 0.15) is 0 Å². The first-order valence-electron chi connectivity index (χ1n) is 19.2. The van der Waals surface area contributed by atoms with Crippen molar-refractivity contribution in [3.05, 3.63) is 228 Å². The molecular formula is C53H36N2. The SMILES string of the molecule is C1=CCC(c2cc(-c3ccccc3)cc(-c3nc(-c4ccccc4)cc(-c4ccc5c(c4)C4(c6ccccc6-c6ccccc64)c4ccccc4-5)n3)c2)C=C1. The predicted molar refractivity (Wildman–Crippen MR) is 226 cm³/mol. The van der Waals surface area contributed by atoms with Gasteiger partial charge in [0.15, 0.2) is 5.82 Å². The van der Waals surface area contributed by atoms with Crippen LogP contribution in [0, 0.1) is 0 Å². The number of hydrogen-bond donors (Lipinski definition) is 0. The molecule has 0 bridgehead atoms. The standard InChI is InChI=1S/C53H36N2/c1-4-16-35(17-5-1)39-30-40(36-18-6-2-7-19-36)32-41(31-39)52-54-50(37-20-8-3-9-21-37)34-51(55-52)38-28-29-45-44-24-12-15-27-48(44)53(49(45)33-38)46-25-13-10-22-42(46)43-23-11-14-26-47(43)53/h1-18,20-34,36H,19H2. The van der Waals surface area contributed by atoms with E-state index in [1.54, 1.807) is 0 Å². The lowest BCUT2D eigenvalue weighted by molar-refractivity contribution is 0.794. The maximum Gasteiger partial charge on any atom is 0.160 e. The zero-order chi connectivity index (χ0) is 36.3. The lowest BCUT2D eigenvalue weighted by atomic mass is 9.70. The Morgan fingerprint density at radius 1 is 0.400 bits per heavy atom. The van der Waals surface area contributed by atoms with Gasteiger partial charge in [-0.15, -0.1) is 0 Å². The van der Waals surface area contributed by atoms with Gasteiger partial charge in [-0.3, -0.25) is 0 Å². The number of benzene rings is 7. The molecule has 1 unspecified atom stereocenters. The van der Waals surface area contributed by atoms with Crippen molar-refractivity contribution in [3.63, 3.8) is 0 Å². The molecule has 0 amide bonds. The average molecular weight is 701 g/mol. The molecule has 1 spiro atoms. The molecular weight excluding hydrogens is 665 g/mol. The molecule has 258 valence electrons. The normalized spacial score (nSPS) is 15.4. The van der Waals surface area contributed by atoms with Crippen molar-refractivity contribution in [2.24, 2.45) is 0 Å². The second kappa shape index (κ2) is 12.6. The highest BCUT2D eigenvalue weighted by Gasteiger charge is 2.51. The summed E-state index contributed by atoms with van der Waals surface area (Å²) >= 11 is 0. The van der Waals surface area contributed by atoms with Crippen molar-refractivity contribution >= 4 is 0 Å². The minimum atomic E-state index is -0.422. The van der Waals surface area contributed by atoms with Gasteiger partial charge in [0.25, 0.3) is 0 Å². The van der Waals surface area contributed by atoms with Gasteiger partial charge < -0.3 is 0 Å². The number of aromatic nitrogens is 2. The van der Waals surface area contributed by atoms with E-state index in [1.165, 1.54) is 61.2 Å². The summed E-state index contributed by atoms with van der Waals surface area (Å²) in [6.07, 6.45) is 9.82. The summed E-state index contributed by atoms with van der Waals surface area (Å²) in [4.78, 5) is 10.8. The maximum absolute atomic E-state index is 5.46. The smallest absolute Gasteiger partial charge is 0.160 e. The molecule has 0 aliphatic heterocycles. The number of nitrogens with zero attached hydrogens (tertiary/aromatic N) is 2. The molecule has 55 heavy (non-hydrogen) atoms. The van der Waals surface area contributed by atoms with Gasteiger partial charge in [0.05, 0.1) is 16.8 Å². The zero-order valence-electron chi connectivity index (χ0n) is 30.2. The molecule has 2 nitrogen and oxygen atoms in total. The molecule has 1 aromatic heterocycles. The molecule has 3 aliphatic rings. The summed E-state index contributed by atoms with van der Waals surface area (Å²) in [5.41, 5.74) is 18.7. The van der Waals surface area contributed by atoms with Crippen LogP contribution < -0.4 is 0 Å². The van der Waals surface area contributed by atoms with Crippen LogP contribution in [0.25, 0.3) is 67.3 Å². The fourth-order valence-corrected chi connectivity index (χ4v) is 9.36. The van der Waals surface area contributed by atoms with Crippen molar-refractivity contribution in [2.75, 3.05) is 0 Å². The molecule has 3 aliphatic carbocycles. The van der Waals surface area contributed by atoms with E-state index < -0.39 is 5.41 Å². The minimum absolute atomic E-state index is 0.288. The molecule has 7 aromatic carbocycles. The molecule has 0 radical (unpaired) electrons. The third kappa shape index (κ3) is 4.95. The third-order valence-electron chi connectivity index (χ3n) is 11.8. The molecule has 0 saturated heterocycles. The topological polar surface area (TPSA) is 25.8 Å². The molecule has 11 rings (SSSR count). The number of hydrogen-bond acceptors (Lipinski definition) is 2. The Morgan fingerprint density at radius 3 is 1.56 bits per heavy atom. The molecule has 0 N–H and O–H groups in total. The van der Waals surface area contributed by atoms with Crippen molar-refractivity contribution < 1.29 is 0 Å². The first-order valence-corrected chi connectivity index (χ1v) is 19.2. The second-order valence-corrected chi connectivity index (χ2v) is 14.8. The summed E-state index contributed by atoms with van der Waals surface area (Å²) in [7, 11) is 0. The maximum atomic E-state index is 5.46. The minimum Gasteiger partial charge on any atom is -0.228 e. The van der Waals surface area contributed by atoms with Crippen LogP contribution in [0.1, 0.15) is 40.2 Å². The van der Waals surface area contributed by atoms with E-state index in [1.807, 2.05) is 0 Å². The molecule has 1 atom stereocenters. The van der Waals surface area contributed by atoms with Crippen LogP contribution in [0.2, 0.25) is 0 Å². The van der Waals surface area contributed by atoms with Crippen LogP contribution in [-0.2, 0) is 5.41 Å². The summed E-state index contributed by atoms with van der Waals surface area (Å²) in [6, 6.07) is 64.2. The summed E-state index contributed by atoms with van der Waals surface area (Å²) in [6.45, 7) is 0. The lowest BCUT2D eigenvalue weighted by Gasteiger charge is -2.30. The van der Waals surface area contributed by atoms with Crippen molar-refractivity contribution in [2.45, 2.75) is 17.8 Å². The van der Waals surface area contributed by atoms with E-state index in [0.29, 0.717) is 0 Å². The Labute approximate surface area is 321 Å². The van der Waals surface area contributed by atoms with Crippen LogP contribution in [0.15, 0.2) is 200 Å². The van der Waals surface area contributed by atoms with Gasteiger partial charge in [0, 0.05) is 22.6 Å². The van der Waals surface area contributed by atoms with E-state index in [-0.39, 0.29) is 5.92 Å². The Bertz CT molecular complexity index is 2780. The van der Waals surface area contributed by atoms with Gasteiger partial charge in [-0.25, -0.2) is 9.97 Å². The summed E-state index contributed by atoms with van der Waals surface area (Å²) in [5, 5.41) is 0. The van der Waals surface area contributed by atoms with E-state index >= 15 is 0 Å². The van der Waals surface area contributed by atoms with Crippen LogP contribution in [0.3, 0.4) is 0 Å². The number of allylic oxidation sites excluding steroid dienone is 4. The van der Waals surface area contributed by atoms with Gasteiger partial charge in [-0.05, 0) is 91.9 Å². The monoisotopic (exact) mass is 700 g/mol. The van der Waals surface area contributed by atoms with E-state index in [4.69, 9.17) is 9.97 Å². The zero-order valence-corrected chi connectivity index (χ0v) is 30.2. The highest BCUT2D eigenvalue weighted by atomic mass is 14.9. The van der Waals surface area contributed by atoms with E-state index in [0.717, 1.165) is 40.3 Å². The van der Waals surface area contributed by atoms with Crippen LogP contribution >= 0.6 is 0 Å². The predicted octanol–water partition coefficient (Wildman–Crippen LogP) is 13.1. The highest BCUT2D eigenvalue weighted by Crippen LogP contribution is 2.63. The Morgan fingerprint density at radius 2 is 0.945 bits per heavy atom. The first kappa shape index (κ1) is 31.6. The van der Waals surface area contributed by atoms with Gasteiger partial charge in [0.2, 0.25) is 0 Å².